The quantitative estimate of drug-likeness (QED) is 0.727. The van der Waals surface area contributed by atoms with E-state index in [2.05, 4.69) is 10.3 Å². The van der Waals surface area contributed by atoms with E-state index in [9.17, 15) is 14.4 Å². The normalized spacial score (nSPS) is 12.1. The van der Waals surface area contributed by atoms with Crippen molar-refractivity contribution in [2.24, 2.45) is 5.73 Å². The fraction of sp³-hybridized carbons (Fsp3) is 0.312. The van der Waals surface area contributed by atoms with Crippen LogP contribution in [0.25, 0.3) is 10.9 Å². The Morgan fingerprint density at radius 3 is 2.73 bits per heavy atom. The van der Waals surface area contributed by atoms with Crippen molar-refractivity contribution >= 4 is 28.3 Å². The predicted octanol–water partition coefficient (Wildman–Crippen LogP) is 1.47. The Morgan fingerprint density at radius 2 is 2.05 bits per heavy atom. The summed E-state index contributed by atoms with van der Waals surface area (Å²) in [5, 5.41) is 3.40. The second kappa shape index (κ2) is 6.53. The van der Waals surface area contributed by atoms with Gasteiger partial charge >= 0.3 is 0 Å². The summed E-state index contributed by atoms with van der Waals surface area (Å²) in [6, 6.07) is 5.82. The molecule has 6 heteroatoms. The second-order valence-corrected chi connectivity index (χ2v) is 5.29. The molecule has 0 aliphatic carbocycles. The van der Waals surface area contributed by atoms with Crippen LogP contribution < -0.4 is 16.6 Å². The van der Waals surface area contributed by atoms with Crippen LogP contribution in [0.1, 0.15) is 25.3 Å². The van der Waals surface area contributed by atoms with Crippen molar-refractivity contribution in [3.8, 4) is 0 Å². The molecule has 1 aromatic carbocycles. The van der Waals surface area contributed by atoms with Crippen molar-refractivity contribution in [2.75, 3.05) is 5.32 Å². The van der Waals surface area contributed by atoms with Crippen molar-refractivity contribution < 1.29 is 9.59 Å². The van der Waals surface area contributed by atoms with Gasteiger partial charge in [0, 0.05) is 17.1 Å². The van der Waals surface area contributed by atoms with E-state index in [0.717, 1.165) is 17.4 Å². The number of anilines is 1. The monoisotopic (exact) mass is 301 g/mol. The minimum absolute atomic E-state index is 0.213. The Bertz CT molecular complexity index is 780. The SMILES string of the molecule is CCCC(N)C(=O)C(=O)Nc1ccc2c(C)cc(=O)[nH]c2c1. The highest BCUT2D eigenvalue weighted by Gasteiger charge is 2.21. The number of hydrogen-bond acceptors (Lipinski definition) is 4. The van der Waals surface area contributed by atoms with Crippen LogP contribution in [0, 0.1) is 6.92 Å². The fourth-order valence-corrected chi connectivity index (χ4v) is 2.32. The highest BCUT2D eigenvalue weighted by molar-refractivity contribution is 6.42. The van der Waals surface area contributed by atoms with Gasteiger partial charge in [-0.15, -0.1) is 0 Å². The maximum atomic E-state index is 11.9. The molecule has 0 fully saturated rings. The molecule has 0 spiro atoms. The summed E-state index contributed by atoms with van der Waals surface area (Å²) in [6.07, 6.45) is 1.20. The average molecular weight is 301 g/mol. The molecule has 1 aromatic heterocycles. The van der Waals surface area contributed by atoms with Crippen LogP contribution in [0.3, 0.4) is 0 Å². The van der Waals surface area contributed by atoms with Gasteiger partial charge in [0.1, 0.15) is 0 Å². The first-order chi connectivity index (χ1) is 10.4. The van der Waals surface area contributed by atoms with Gasteiger partial charge in [-0.1, -0.05) is 19.4 Å². The molecule has 0 radical (unpaired) electrons. The summed E-state index contributed by atoms with van der Waals surface area (Å²) in [5.41, 5.74) is 7.33. The largest absolute Gasteiger partial charge is 0.322 e. The van der Waals surface area contributed by atoms with Gasteiger partial charge in [0.2, 0.25) is 11.3 Å². The first kappa shape index (κ1) is 15.9. The topological polar surface area (TPSA) is 105 Å². The van der Waals surface area contributed by atoms with Crippen LogP contribution >= 0.6 is 0 Å². The van der Waals surface area contributed by atoms with E-state index in [4.69, 9.17) is 5.73 Å². The Labute approximate surface area is 127 Å². The van der Waals surface area contributed by atoms with Crippen LogP contribution in [0.4, 0.5) is 5.69 Å². The third-order valence-electron chi connectivity index (χ3n) is 3.47. The lowest BCUT2D eigenvalue weighted by atomic mass is 10.1. The molecule has 4 N–H and O–H groups in total. The first-order valence-corrected chi connectivity index (χ1v) is 7.17. The van der Waals surface area contributed by atoms with Gasteiger partial charge in [-0.3, -0.25) is 14.4 Å². The number of carbonyl (C=O) groups excluding carboxylic acids is 2. The van der Waals surface area contributed by atoms with E-state index >= 15 is 0 Å². The minimum Gasteiger partial charge on any atom is -0.322 e. The van der Waals surface area contributed by atoms with E-state index in [1.54, 1.807) is 18.2 Å². The van der Waals surface area contributed by atoms with E-state index in [0.29, 0.717) is 17.6 Å². The maximum Gasteiger partial charge on any atom is 0.293 e. The third-order valence-corrected chi connectivity index (χ3v) is 3.47. The number of H-pyrrole nitrogens is 1. The first-order valence-electron chi connectivity index (χ1n) is 7.17. The molecule has 1 heterocycles. The third kappa shape index (κ3) is 3.40. The molecule has 1 unspecified atom stereocenters. The molecule has 6 nitrogen and oxygen atoms in total. The average Bonchev–Trinajstić information content (AvgIpc) is 2.46. The summed E-state index contributed by atoms with van der Waals surface area (Å²) < 4.78 is 0. The van der Waals surface area contributed by atoms with E-state index < -0.39 is 17.7 Å². The van der Waals surface area contributed by atoms with Crippen molar-refractivity contribution in [3.63, 3.8) is 0 Å². The fourth-order valence-electron chi connectivity index (χ4n) is 2.32. The van der Waals surface area contributed by atoms with Crippen LogP contribution in [-0.2, 0) is 9.59 Å². The molecule has 1 atom stereocenters. The molecule has 0 aliphatic rings. The van der Waals surface area contributed by atoms with Crippen molar-refractivity contribution in [3.05, 3.63) is 40.2 Å². The molecule has 0 bridgehead atoms. The Balaban J connectivity index is 2.23. The number of benzene rings is 1. The van der Waals surface area contributed by atoms with Crippen LogP contribution in [0.15, 0.2) is 29.1 Å². The number of aryl methyl sites for hydroxylation is 1. The van der Waals surface area contributed by atoms with E-state index in [1.165, 1.54) is 6.07 Å². The predicted molar refractivity (Wildman–Crippen MR) is 85.8 cm³/mol. The molecule has 0 saturated heterocycles. The lowest BCUT2D eigenvalue weighted by molar-refractivity contribution is -0.135. The molecule has 0 saturated carbocycles. The van der Waals surface area contributed by atoms with Gasteiger partial charge in [-0.25, -0.2) is 0 Å². The van der Waals surface area contributed by atoms with Gasteiger partial charge in [-0.05, 0) is 31.0 Å². The van der Waals surface area contributed by atoms with Gasteiger partial charge in [-0.2, -0.15) is 0 Å². The van der Waals surface area contributed by atoms with Gasteiger partial charge in [0.15, 0.2) is 0 Å². The zero-order chi connectivity index (χ0) is 16.3. The molecule has 0 aliphatic heterocycles. The number of nitrogens with one attached hydrogen (secondary N) is 2. The smallest absolute Gasteiger partial charge is 0.293 e. The molecule has 2 rings (SSSR count). The summed E-state index contributed by atoms with van der Waals surface area (Å²) in [6.45, 7) is 3.73. The summed E-state index contributed by atoms with van der Waals surface area (Å²) in [7, 11) is 0. The standard InChI is InChI=1S/C16H19N3O3/c1-3-4-12(17)15(21)16(22)18-10-5-6-11-9(2)7-14(20)19-13(11)8-10/h5-8,12H,3-4,17H2,1-2H3,(H,18,22)(H,19,20). The molecule has 1 amide bonds. The molecule has 2 aromatic rings. The minimum atomic E-state index is -0.785. The zero-order valence-electron chi connectivity index (χ0n) is 12.6. The summed E-state index contributed by atoms with van der Waals surface area (Å²) in [4.78, 5) is 37.9. The number of hydrogen-bond donors (Lipinski definition) is 3. The highest BCUT2D eigenvalue weighted by atomic mass is 16.2. The zero-order valence-corrected chi connectivity index (χ0v) is 12.6. The number of rotatable bonds is 5. The Kier molecular flexibility index (Phi) is 4.72. The Morgan fingerprint density at radius 1 is 1.32 bits per heavy atom. The van der Waals surface area contributed by atoms with E-state index in [-0.39, 0.29) is 5.56 Å². The van der Waals surface area contributed by atoms with Crippen LogP contribution in [-0.4, -0.2) is 22.7 Å². The number of carbonyl (C=O) groups is 2. The van der Waals surface area contributed by atoms with Gasteiger partial charge in [0.05, 0.1) is 11.6 Å². The van der Waals surface area contributed by atoms with Crippen molar-refractivity contribution in [1.82, 2.24) is 4.98 Å². The Hall–Kier alpha value is -2.47. The number of pyridine rings is 1. The number of aromatic amines is 1. The maximum absolute atomic E-state index is 11.9. The molecule has 22 heavy (non-hydrogen) atoms. The summed E-state index contributed by atoms with van der Waals surface area (Å²) in [5.74, 6) is -1.38. The lowest BCUT2D eigenvalue weighted by Gasteiger charge is -2.10. The van der Waals surface area contributed by atoms with Crippen molar-refractivity contribution in [2.45, 2.75) is 32.7 Å². The number of amides is 1. The number of fused-ring (bicyclic) bond motifs is 1. The number of ketones is 1. The number of nitrogens with two attached hydrogens (primary N) is 1. The molecular formula is C16H19N3O3. The number of aromatic nitrogens is 1. The highest BCUT2D eigenvalue weighted by Crippen LogP contribution is 2.19. The summed E-state index contributed by atoms with van der Waals surface area (Å²) >= 11 is 0. The number of Topliss-reactive ketones (excluding diaryl/α,β-unsaturated/α-hetero) is 1. The molecular weight excluding hydrogens is 282 g/mol. The van der Waals surface area contributed by atoms with Crippen LogP contribution in [0.5, 0.6) is 0 Å². The van der Waals surface area contributed by atoms with Crippen LogP contribution in [0.2, 0.25) is 0 Å². The van der Waals surface area contributed by atoms with E-state index in [1.807, 2.05) is 13.8 Å². The van der Waals surface area contributed by atoms with Gasteiger partial charge < -0.3 is 16.0 Å². The van der Waals surface area contributed by atoms with Gasteiger partial charge in [0.25, 0.3) is 5.91 Å². The molecule has 116 valence electrons. The van der Waals surface area contributed by atoms with Crippen molar-refractivity contribution in [1.29, 1.82) is 0 Å². The lowest BCUT2D eigenvalue weighted by Crippen LogP contribution is -2.39. The second-order valence-electron chi connectivity index (χ2n) is 5.29.